The van der Waals surface area contributed by atoms with E-state index in [1.807, 2.05) is 47.4 Å². The van der Waals surface area contributed by atoms with Gasteiger partial charge in [-0.05, 0) is 81.6 Å². The summed E-state index contributed by atoms with van der Waals surface area (Å²) in [6.07, 6.45) is 6.90. The standard InChI is InChI=1S/C28H35N3O3/c32-27(22-9-11-26(12-10-22)34-25-7-3-1-4-8-25)31-18-13-23(21-31)28(33)30-19-14-24(15-20-30)29-16-5-2-6-17-29/h1,3-4,7-12,23-24H,2,5-6,13-21H2. The maximum atomic E-state index is 13.2. The van der Waals surface area contributed by atoms with E-state index in [1.54, 1.807) is 12.1 Å². The number of rotatable bonds is 5. The van der Waals surface area contributed by atoms with Crippen molar-refractivity contribution < 1.29 is 14.3 Å². The van der Waals surface area contributed by atoms with E-state index in [2.05, 4.69) is 9.80 Å². The molecule has 2 amide bonds. The molecule has 2 aromatic rings. The minimum atomic E-state index is -0.0730. The highest BCUT2D eigenvalue weighted by molar-refractivity contribution is 5.95. The molecule has 180 valence electrons. The van der Waals surface area contributed by atoms with Crippen LogP contribution in [0.15, 0.2) is 54.6 Å². The Morgan fingerprint density at radius 3 is 2.06 bits per heavy atom. The molecule has 34 heavy (non-hydrogen) atoms. The van der Waals surface area contributed by atoms with Crippen LogP contribution in [0.25, 0.3) is 0 Å². The summed E-state index contributed by atoms with van der Waals surface area (Å²) >= 11 is 0. The van der Waals surface area contributed by atoms with Gasteiger partial charge >= 0.3 is 0 Å². The molecule has 0 aromatic heterocycles. The van der Waals surface area contributed by atoms with E-state index in [1.165, 1.54) is 32.4 Å². The monoisotopic (exact) mass is 461 g/mol. The number of piperidine rings is 2. The van der Waals surface area contributed by atoms with Crippen LogP contribution in [0.4, 0.5) is 0 Å². The lowest BCUT2D eigenvalue weighted by molar-refractivity contribution is -0.136. The molecule has 6 nitrogen and oxygen atoms in total. The number of benzene rings is 2. The van der Waals surface area contributed by atoms with Gasteiger partial charge in [-0.2, -0.15) is 0 Å². The lowest BCUT2D eigenvalue weighted by Crippen LogP contribution is -2.49. The van der Waals surface area contributed by atoms with E-state index < -0.39 is 0 Å². The molecular formula is C28H35N3O3. The summed E-state index contributed by atoms with van der Waals surface area (Å²) in [6, 6.07) is 17.5. The second-order valence-electron chi connectivity index (χ2n) is 9.83. The highest BCUT2D eigenvalue weighted by Crippen LogP contribution is 2.26. The number of para-hydroxylation sites is 1. The Kier molecular flexibility index (Phi) is 7.14. The number of nitrogens with zero attached hydrogens (tertiary/aromatic N) is 3. The van der Waals surface area contributed by atoms with Crippen molar-refractivity contribution in [3.63, 3.8) is 0 Å². The molecule has 3 aliphatic rings. The van der Waals surface area contributed by atoms with Gasteiger partial charge in [-0.3, -0.25) is 9.59 Å². The fourth-order valence-corrected chi connectivity index (χ4v) is 5.61. The minimum absolute atomic E-state index is 0.00892. The molecule has 0 saturated carbocycles. The van der Waals surface area contributed by atoms with Crippen molar-refractivity contribution in [2.24, 2.45) is 5.92 Å². The van der Waals surface area contributed by atoms with E-state index in [-0.39, 0.29) is 17.7 Å². The van der Waals surface area contributed by atoms with Gasteiger partial charge in [0.2, 0.25) is 5.91 Å². The molecule has 3 aliphatic heterocycles. The third-order valence-electron chi connectivity index (χ3n) is 7.59. The first-order valence-corrected chi connectivity index (χ1v) is 12.8. The zero-order chi connectivity index (χ0) is 23.3. The second-order valence-corrected chi connectivity index (χ2v) is 9.83. The van der Waals surface area contributed by atoms with Crippen molar-refractivity contribution in [1.82, 2.24) is 14.7 Å². The van der Waals surface area contributed by atoms with Gasteiger partial charge in [0.15, 0.2) is 0 Å². The van der Waals surface area contributed by atoms with Crippen molar-refractivity contribution >= 4 is 11.8 Å². The Morgan fingerprint density at radius 2 is 1.35 bits per heavy atom. The molecule has 0 radical (unpaired) electrons. The third-order valence-corrected chi connectivity index (χ3v) is 7.59. The number of carbonyl (C=O) groups excluding carboxylic acids is 2. The summed E-state index contributed by atoms with van der Waals surface area (Å²) in [4.78, 5) is 32.7. The largest absolute Gasteiger partial charge is 0.457 e. The van der Waals surface area contributed by atoms with E-state index in [0.717, 1.165) is 38.1 Å². The topological polar surface area (TPSA) is 53.1 Å². The van der Waals surface area contributed by atoms with Gasteiger partial charge in [0.25, 0.3) is 5.91 Å². The fourth-order valence-electron chi connectivity index (χ4n) is 5.61. The lowest BCUT2D eigenvalue weighted by Gasteiger charge is -2.40. The van der Waals surface area contributed by atoms with E-state index in [0.29, 0.717) is 30.4 Å². The van der Waals surface area contributed by atoms with Crippen LogP contribution < -0.4 is 4.74 Å². The molecule has 6 heteroatoms. The smallest absolute Gasteiger partial charge is 0.253 e. The molecule has 0 bridgehead atoms. The molecule has 1 atom stereocenters. The van der Waals surface area contributed by atoms with Crippen LogP contribution in [0.1, 0.15) is 48.9 Å². The summed E-state index contributed by atoms with van der Waals surface area (Å²) < 4.78 is 5.82. The van der Waals surface area contributed by atoms with Crippen LogP contribution >= 0.6 is 0 Å². The van der Waals surface area contributed by atoms with Crippen LogP contribution in [-0.4, -0.2) is 71.8 Å². The quantitative estimate of drug-likeness (QED) is 0.662. The van der Waals surface area contributed by atoms with Crippen molar-refractivity contribution in [3.8, 4) is 11.5 Å². The summed E-state index contributed by atoms with van der Waals surface area (Å²) in [5.41, 5.74) is 0.635. The molecule has 1 unspecified atom stereocenters. The Hall–Kier alpha value is -2.86. The Morgan fingerprint density at radius 1 is 0.706 bits per heavy atom. The second kappa shape index (κ2) is 10.6. The normalized spacial score (nSPS) is 22.1. The van der Waals surface area contributed by atoms with Crippen molar-refractivity contribution in [3.05, 3.63) is 60.2 Å². The summed E-state index contributed by atoms with van der Waals surface area (Å²) in [5, 5.41) is 0. The first-order chi connectivity index (χ1) is 16.7. The van der Waals surface area contributed by atoms with Gasteiger partial charge in [0.1, 0.15) is 11.5 Å². The molecule has 3 heterocycles. The first kappa shape index (κ1) is 22.9. The molecule has 2 aromatic carbocycles. The average molecular weight is 462 g/mol. The average Bonchev–Trinajstić information content (AvgIpc) is 3.40. The Balaban J connectivity index is 1.11. The van der Waals surface area contributed by atoms with Gasteiger partial charge in [-0.1, -0.05) is 24.6 Å². The zero-order valence-corrected chi connectivity index (χ0v) is 19.9. The van der Waals surface area contributed by atoms with E-state index in [9.17, 15) is 9.59 Å². The van der Waals surface area contributed by atoms with Crippen LogP contribution in [0.5, 0.6) is 11.5 Å². The van der Waals surface area contributed by atoms with Gasteiger partial charge < -0.3 is 19.4 Å². The van der Waals surface area contributed by atoms with Crippen LogP contribution in [0.3, 0.4) is 0 Å². The van der Waals surface area contributed by atoms with E-state index >= 15 is 0 Å². The highest BCUT2D eigenvalue weighted by atomic mass is 16.5. The Bertz CT molecular complexity index is 964. The predicted octanol–water partition coefficient (Wildman–Crippen LogP) is 4.42. The SMILES string of the molecule is O=C(c1ccc(Oc2ccccc2)cc1)N1CCC(C(=O)N2CCC(N3CCCCC3)CC2)C1. The van der Waals surface area contributed by atoms with Gasteiger partial charge in [-0.15, -0.1) is 0 Å². The molecule has 3 fully saturated rings. The molecule has 0 spiro atoms. The predicted molar refractivity (Wildman–Crippen MR) is 132 cm³/mol. The molecular weight excluding hydrogens is 426 g/mol. The fraction of sp³-hybridized carbons (Fsp3) is 0.500. The van der Waals surface area contributed by atoms with Crippen molar-refractivity contribution in [1.29, 1.82) is 0 Å². The number of likely N-dealkylation sites (tertiary alicyclic amines) is 3. The van der Waals surface area contributed by atoms with Crippen LogP contribution in [0.2, 0.25) is 0 Å². The maximum absolute atomic E-state index is 13.2. The number of ether oxygens (including phenoxy) is 1. The van der Waals surface area contributed by atoms with Crippen molar-refractivity contribution in [2.75, 3.05) is 39.3 Å². The molecule has 5 rings (SSSR count). The molecule has 0 N–H and O–H groups in total. The van der Waals surface area contributed by atoms with Crippen molar-refractivity contribution in [2.45, 2.75) is 44.6 Å². The minimum Gasteiger partial charge on any atom is -0.457 e. The number of carbonyl (C=O) groups is 2. The highest BCUT2D eigenvalue weighted by Gasteiger charge is 2.36. The molecule has 3 saturated heterocycles. The number of amides is 2. The summed E-state index contributed by atoms with van der Waals surface area (Å²) in [6.45, 7) is 5.31. The number of hydrogen-bond acceptors (Lipinski definition) is 4. The van der Waals surface area contributed by atoms with Crippen LogP contribution in [0, 0.1) is 5.92 Å². The van der Waals surface area contributed by atoms with Gasteiger partial charge in [0.05, 0.1) is 5.92 Å². The lowest BCUT2D eigenvalue weighted by atomic mass is 9.98. The third kappa shape index (κ3) is 5.27. The number of hydrogen-bond donors (Lipinski definition) is 0. The van der Waals surface area contributed by atoms with E-state index in [4.69, 9.17) is 4.74 Å². The maximum Gasteiger partial charge on any atom is 0.253 e. The molecule has 0 aliphatic carbocycles. The van der Waals surface area contributed by atoms with Gasteiger partial charge in [-0.25, -0.2) is 0 Å². The first-order valence-electron chi connectivity index (χ1n) is 12.8. The summed E-state index contributed by atoms with van der Waals surface area (Å²) in [7, 11) is 0. The zero-order valence-electron chi connectivity index (χ0n) is 19.9. The van der Waals surface area contributed by atoms with Gasteiger partial charge in [0, 0.05) is 37.8 Å². The van der Waals surface area contributed by atoms with Crippen LogP contribution in [-0.2, 0) is 4.79 Å². The summed E-state index contributed by atoms with van der Waals surface area (Å²) in [5.74, 6) is 1.62. The Labute approximate surface area is 202 Å².